The van der Waals surface area contributed by atoms with Gasteiger partial charge in [0.15, 0.2) is 0 Å². The molecule has 0 amide bonds. The first kappa shape index (κ1) is 13.3. The van der Waals surface area contributed by atoms with Crippen LogP contribution in [-0.4, -0.2) is 49.6 Å². The Morgan fingerprint density at radius 2 is 1.67 bits per heavy atom. The van der Waals surface area contributed by atoms with E-state index >= 15 is 0 Å². The summed E-state index contributed by atoms with van der Waals surface area (Å²) in [5.74, 6) is -0.315. The number of hydrogen-bond donors (Lipinski definition) is 1. The third-order valence-corrected chi connectivity index (χ3v) is 0.916. The van der Waals surface area contributed by atoms with Crippen molar-refractivity contribution in [2.24, 2.45) is 5.73 Å². The van der Waals surface area contributed by atoms with Crippen LogP contribution in [0.4, 0.5) is 0 Å². The molecule has 5 heteroatoms. The van der Waals surface area contributed by atoms with Gasteiger partial charge in [-0.05, 0) is 6.92 Å². The van der Waals surface area contributed by atoms with Crippen LogP contribution in [0.15, 0.2) is 0 Å². The Hall–Kier alpha value is -1.26. The molecule has 0 aliphatic heterocycles. The Labute approximate surface area is 73.1 Å². The Kier molecular flexibility index (Phi) is 7.17. The molecule has 0 aliphatic rings. The molecule has 0 aliphatic carbocycles. The minimum absolute atomic E-state index is 0.769. The van der Waals surface area contributed by atoms with Crippen molar-refractivity contribution in [1.82, 2.24) is 4.90 Å². The summed E-state index contributed by atoms with van der Waals surface area (Å²) in [5.41, 5.74) is 5.53. The summed E-state index contributed by atoms with van der Waals surface area (Å²) in [6.07, 6.45) is 0. The van der Waals surface area contributed by atoms with Gasteiger partial charge < -0.3 is 9.90 Å². The van der Waals surface area contributed by atoms with Crippen LogP contribution in [-0.2, 0) is 4.79 Å². The third-order valence-electron chi connectivity index (χ3n) is 0.916. The van der Waals surface area contributed by atoms with Gasteiger partial charge in [-0.15, -0.1) is 0 Å². The fourth-order valence-corrected chi connectivity index (χ4v) is 0.400. The van der Waals surface area contributed by atoms with Crippen LogP contribution in [0.2, 0.25) is 0 Å². The van der Waals surface area contributed by atoms with Crippen molar-refractivity contribution in [1.29, 1.82) is 0 Å². The predicted octanol–water partition coefficient (Wildman–Crippen LogP) is -2.11. The van der Waals surface area contributed by atoms with E-state index in [4.69, 9.17) is 15.6 Å². The number of guanidine groups is 1. The minimum Gasteiger partial charge on any atom is -0.550 e. The van der Waals surface area contributed by atoms with Crippen LogP contribution in [0.3, 0.4) is 0 Å². The molecule has 12 heavy (non-hydrogen) atoms. The standard InChI is InChI=1S/C5H13N3.C2H4O2/c1-7(2)5(6)8(3)4;1-2(3)4/h6H,1-4H3;1H3,(H,3,4). The van der Waals surface area contributed by atoms with Crippen LogP contribution >= 0.6 is 0 Å². The summed E-state index contributed by atoms with van der Waals surface area (Å²) in [6.45, 7) is 0.972. The first-order chi connectivity index (χ1) is 5.29. The molecule has 0 saturated heterocycles. The van der Waals surface area contributed by atoms with Crippen molar-refractivity contribution in [3.05, 3.63) is 0 Å². The van der Waals surface area contributed by atoms with Gasteiger partial charge in [0.05, 0.1) is 28.2 Å². The molecule has 0 saturated carbocycles. The van der Waals surface area contributed by atoms with Gasteiger partial charge in [-0.1, -0.05) is 0 Å². The molecule has 2 N–H and O–H groups in total. The van der Waals surface area contributed by atoms with Crippen molar-refractivity contribution in [2.45, 2.75) is 6.92 Å². The lowest BCUT2D eigenvalue weighted by atomic mass is 10.8. The van der Waals surface area contributed by atoms with Gasteiger partial charge in [0.2, 0.25) is 0 Å². The topological polar surface area (TPSA) is 72.4 Å². The fourth-order valence-electron chi connectivity index (χ4n) is 0.400. The van der Waals surface area contributed by atoms with Crippen LogP contribution in [0.25, 0.3) is 0 Å². The maximum Gasteiger partial charge on any atom is 0.344 e. The van der Waals surface area contributed by atoms with E-state index in [1.807, 2.05) is 37.7 Å². The zero-order chi connectivity index (χ0) is 10.3. The number of carbonyl (C=O) groups excluding carboxylic acids is 1. The molecule has 0 aromatic carbocycles. The molecule has 0 rings (SSSR count). The lowest BCUT2D eigenvalue weighted by molar-refractivity contribution is -0.470. The van der Waals surface area contributed by atoms with E-state index in [2.05, 4.69) is 0 Å². The number of carbonyl (C=O) groups is 1. The van der Waals surface area contributed by atoms with Crippen LogP contribution in [0.1, 0.15) is 6.92 Å². The van der Waals surface area contributed by atoms with Gasteiger partial charge in [-0.3, -0.25) is 15.2 Å². The average molecular weight is 175 g/mol. The molecule has 0 unspecified atom stereocenters. The summed E-state index contributed by atoms with van der Waals surface area (Å²) in [4.78, 5) is 10.8. The fraction of sp³-hybridized carbons (Fsp3) is 0.714. The lowest BCUT2D eigenvalue weighted by Gasteiger charge is -2.04. The summed E-state index contributed by atoms with van der Waals surface area (Å²) in [7, 11) is 7.65. The highest BCUT2D eigenvalue weighted by molar-refractivity contribution is 5.72. The molecule has 0 aromatic heterocycles. The molecule has 5 nitrogen and oxygen atoms in total. The Morgan fingerprint density at radius 1 is 1.42 bits per heavy atom. The van der Waals surface area contributed by atoms with Gasteiger partial charge in [-0.25, -0.2) is 0 Å². The Bertz CT molecular complexity index is 167. The molecule has 0 aromatic rings. The number of nitrogens with two attached hydrogens (primary N) is 1. The number of aliphatic carboxylic acids is 1. The SMILES string of the molecule is CC(=O)[O-].CN(C)C(N)=[N+](C)C. The molecular formula is C7H17N3O2. The maximum absolute atomic E-state index is 8.89. The van der Waals surface area contributed by atoms with E-state index in [-0.39, 0.29) is 0 Å². The van der Waals surface area contributed by atoms with Crippen LogP contribution in [0, 0.1) is 0 Å². The first-order valence-electron chi connectivity index (χ1n) is 3.43. The summed E-state index contributed by atoms with van der Waals surface area (Å²) in [6, 6.07) is 0. The highest BCUT2D eigenvalue weighted by atomic mass is 16.4. The quantitative estimate of drug-likeness (QED) is 0.260. The monoisotopic (exact) mass is 175 g/mol. The number of nitrogens with zero attached hydrogens (tertiary/aromatic N) is 2. The van der Waals surface area contributed by atoms with E-state index < -0.39 is 5.97 Å². The number of hydrogen-bond acceptors (Lipinski definition) is 2. The van der Waals surface area contributed by atoms with Crippen molar-refractivity contribution in [2.75, 3.05) is 28.2 Å². The highest BCUT2D eigenvalue weighted by Crippen LogP contribution is 1.68. The second kappa shape index (κ2) is 6.45. The van der Waals surface area contributed by atoms with Crippen LogP contribution < -0.4 is 10.8 Å². The molecular weight excluding hydrogens is 158 g/mol. The molecule has 0 spiro atoms. The van der Waals surface area contributed by atoms with Gasteiger partial charge in [0, 0.05) is 5.97 Å². The molecule has 0 radical (unpaired) electrons. The highest BCUT2D eigenvalue weighted by Gasteiger charge is 2.00. The van der Waals surface area contributed by atoms with Crippen molar-refractivity contribution in [3.8, 4) is 0 Å². The second-order valence-electron chi connectivity index (χ2n) is 2.64. The summed E-state index contributed by atoms with van der Waals surface area (Å²) < 4.78 is 1.86. The summed E-state index contributed by atoms with van der Waals surface area (Å²) >= 11 is 0. The van der Waals surface area contributed by atoms with Gasteiger partial charge in [-0.2, -0.15) is 0 Å². The minimum atomic E-state index is -1.08. The van der Waals surface area contributed by atoms with Crippen molar-refractivity contribution < 1.29 is 14.5 Å². The number of carboxylic acids is 1. The zero-order valence-corrected chi connectivity index (χ0v) is 8.29. The molecule has 0 bridgehead atoms. The largest absolute Gasteiger partial charge is 0.550 e. The van der Waals surface area contributed by atoms with E-state index in [1.54, 1.807) is 0 Å². The van der Waals surface area contributed by atoms with Crippen molar-refractivity contribution in [3.63, 3.8) is 0 Å². The van der Waals surface area contributed by atoms with Gasteiger partial charge in [0.1, 0.15) is 0 Å². The molecule has 72 valence electrons. The normalized spacial score (nSPS) is 7.75. The summed E-state index contributed by atoms with van der Waals surface area (Å²) in [5, 5.41) is 8.89. The molecule has 0 fully saturated rings. The van der Waals surface area contributed by atoms with Gasteiger partial charge >= 0.3 is 5.96 Å². The number of carboxylic acid groups (broad SMARTS) is 1. The van der Waals surface area contributed by atoms with Gasteiger partial charge in [0.25, 0.3) is 0 Å². The zero-order valence-electron chi connectivity index (χ0n) is 8.29. The maximum atomic E-state index is 8.89. The van der Waals surface area contributed by atoms with Crippen LogP contribution in [0.5, 0.6) is 0 Å². The van der Waals surface area contributed by atoms with Crippen molar-refractivity contribution >= 4 is 11.9 Å². The average Bonchev–Trinajstić information content (AvgIpc) is 1.84. The van der Waals surface area contributed by atoms with E-state index in [9.17, 15) is 0 Å². The predicted molar refractivity (Wildman–Crippen MR) is 45.7 cm³/mol. The van der Waals surface area contributed by atoms with E-state index in [0.717, 1.165) is 12.9 Å². The lowest BCUT2D eigenvalue weighted by Crippen LogP contribution is -2.36. The Morgan fingerprint density at radius 3 is 1.67 bits per heavy atom. The Balaban J connectivity index is 0. The van der Waals surface area contributed by atoms with E-state index in [0.29, 0.717) is 0 Å². The first-order valence-corrected chi connectivity index (χ1v) is 3.43. The molecule has 0 heterocycles. The second-order valence-corrected chi connectivity index (χ2v) is 2.64. The number of rotatable bonds is 0. The molecule has 0 atom stereocenters. The smallest absolute Gasteiger partial charge is 0.344 e. The third kappa shape index (κ3) is 11.5. The van der Waals surface area contributed by atoms with E-state index in [1.165, 1.54) is 0 Å².